The van der Waals surface area contributed by atoms with Crippen molar-refractivity contribution in [3.63, 3.8) is 0 Å². The number of ether oxygens (including phenoxy) is 4. The molecule has 9 heteroatoms. The number of halogens is 1. The van der Waals surface area contributed by atoms with Crippen molar-refractivity contribution in [3.05, 3.63) is 93.9 Å². The van der Waals surface area contributed by atoms with Gasteiger partial charge in [0.05, 0.1) is 17.2 Å². The lowest BCUT2D eigenvalue weighted by Crippen LogP contribution is -2.27. The number of fused-ring (bicyclic) bond motifs is 1. The zero-order valence-corrected chi connectivity index (χ0v) is 23.0. The van der Waals surface area contributed by atoms with Crippen LogP contribution in [0.15, 0.2) is 72.2 Å². The number of thioether (sulfide) groups is 1. The van der Waals surface area contributed by atoms with Crippen molar-refractivity contribution in [1.29, 1.82) is 0 Å². The fourth-order valence-corrected chi connectivity index (χ4v) is 5.53. The first-order chi connectivity index (χ1) is 18.5. The van der Waals surface area contributed by atoms with Gasteiger partial charge in [-0.2, -0.15) is 0 Å². The Hall–Kier alpha value is -3.46. The number of thiocarbonyl (C=S) groups is 1. The molecule has 0 radical (unpaired) electrons. The molecule has 0 N–H and O–H groups in total. The highest BCUT2D eigenvalue weighted by Crippen LogP contribution is 2.42. The van der Waals surface area contributed by atoms with Crippen LogP contribution in [-0.4, -0.2) is 23.6 Å². The second-order valence-corrected chi connectivity index (χ2v) is 10.5. The topological polar surface area (TPSA) is 57.2 Å². The molecule has 194 valence electrons. The van der Waals surface area contributed by atoms with Crippen molar-refractivity contribution in [2.24, 2.45) is 0 Å². The van der Waals surface area contributed by atoms with E-state index < -0.39 is 0 Å². The molecule has 3 aromatic carbocycles. The molecule has 2 aliphatic heterocycles. The van der Waals surface area contributed by atoms with Crippen molar-refractivity contribution >= 4 is 57.6 Å². The molecule has 38 heavy (non-hydrogen) atoms. The first-order valence-corrected chi connectivity index (χ1v) is 13.5. The summed E-state index contributed by atoms with van der Waals surface area (Å²) in [6.45, 7) is 6.79. The van der Waals surface area contributed by atoms with Crippen LogP contribution in [0.25, 0.3) is 6.08 Å². The van der Waals surface area contributed by atoms with Crippen molar-refractivity contribution in [2.75, 3.05) is 18.3 Å². The van der Waals surface area contributed by atoms with E-state index in [1.807, 2.05) is 55.5 Å². The molecule has 5 rings (SSSR count). The number of hydrogen-bond donors (Lipinski definition) is 0. The molecule has 2 heterocycles. The van der Waals surface area contributed by atoms with Gasteiger partial charge in [-0.3, -0.25) is 9.69 Å². The van der Waals surface area contributed by atoms with Crippen molar-refractivity contribution < 1.29 is 23.7 Å². The lowest BCUT2D eigenvalue weighted by molar-refractivity contribution is -0.113. The van der Waals surface area contributed by atoms with E-state index in [9.17, 15) is 4.79 Å². The fraction of sp³-hybridized carbons (Fsp3) is 0.172. The van der Waals surface area contributed by atoms with Crippen LogP contribution >= 0.6 is 35.6 Å². The molecule has 0 bridgehead atoms. The first kappa shape index (κ1) is 26.2. The smallest absolute Gasteiger partial charge is 0.270 e. The van der Waals surface area contributed by atoms with Gasteiger partial charge in [-0.05, 0) is 66.9 Å². The molecule has 0 atom stereocenters. The van der Waals surface area contributed by atoms with Crippen molar-refractivity contribution in [3.8, 4) is 23.0 Å². The quantitative estimate of drug-likeness (QED) is 0.155. The van der Waals surface area contributed by atoms with Gasteiger partial charge in [-0.15, -0.1) is 6.58 Å². The number of nitrogens with zero attached hydrogens (tertiary/aromatic N) is 1. The Morgan fingerprint density at radius 1 is 1.11 bits per heavy atom. The highest BCUT2D eigenvalue weighted by Gasteiger charge is 2.34. The van der Waals surface area contributed by atoms with Gasteiger partial charge in [-0.25, -0.2) is 0 Å². The maximum absolute atomic E-state index is 13.4. The third-order valence-corrected chi connectivity index (χ3v) is 7.37. The van der Waals surface area contributed by atoms with Crippen LogP contribution < -0.4 is 23.8 Å². The summed E-state index contributed by atoms with van der Waals surface area (Å²) in [6, 6.07) is 16.7. The number of rotatable bonds is 9. The Kier molecular flexibility index (Phi) is 7.93. The minimum atomic E-state index is -0.204. The zero-order valence-electron chi connectivity index (χ0n) is 20.6. The minimum absolute atomic E-state index is 0.158. The van der Waals surface area contributed by atoms with Gasteiger partial charge in [-0.1, -0.05) is 53.8 Å². The first-order valence-electron chi connectivity index (χ1n) is 11.9. The number of carbonyl (C=O) groups is 1. The Labute approximate surface area is 235 Å². The molecule has 1 amide bonds. The van der Waals surface area contributed by atoms with Crippen molar-refractivity contribution in [2.45, 2.75) is 20.0 Å². The van der Waals surface area contributed by atoms with Gasteiger partial charge >= 0.3 is 0 Å². The number of allylic oxidation sites excluding steroid dienone is 1. The van der Waals surface area contributed by atoms with Gasteiger partial charge in [0, 0.05) is 16.7 Å². The van der Waals surface area contributed by atoms with E-state index in [0.717, 1.165) is 16.7 Å². The maximum Gasteiger partial charge on any atom is 0.270 e. The fourth-order valence-electron chi connectivity index (χ4n) is 4.10. The van der Waals surface area contributed by atoms with Gasteiger partial charge in [0.2, 0.25) is 6.79 Å². The van der Waals surface area contributed by atoms with Gasteiger partial charge in [0.15, 0.2) is 27.3 Å². The second-order valence-electron chi connectivity index (χ2n) is 8.40. The van der Waals surface area contributed by atoms with Crippen LogP contribution in [0.5, 0.6) is 23.0 Å². The van der Waals surface area contributed by atoms with E-state index in [4.69, 9.17) is 42.8 Å². The van der Waals surface area contributed by atoms with Crippen LogP contribution in [0, 0.1) is 0 Å². The predicted octanol–water partition coefficient (Wildman–Crippen LogP) is 7.18. The van der Waals surface area contributed by atoms with Crippen LogP contribution in [0.3, 0.4) is 0 Å². The molecule has 2 aliphatic rings. The lowest BCUT2D eigenvalue weighted by atomic mass is 10.0. The molecule has 1 fully saturated rings. The lowest BCUT2D eigenvalue weighted by Gasteiger charge is -2.17. The van der Waals surface area contributed by atoms with E-state index in [-0.39, 0.29) is 12.7 Å². The summed E-state index contributed by atoms with van der Waals surface area (Å²) in [6.07, 6.45) is 4.20. The molecule has 6 nitrogen and oxygen atoms in total. The van der Waals surface area contributed by atoms with E-state index in [1.165, 1.54) is 16.7 Å². The highest BCUT2D eigenvalue weighted by molar-refractivity contribution is 8.27. The van der Waals surface area contributed by atoms with Gasteiger partial charge < -0.3 is 18.9 Å². The van der Waals surface area contributed by atoms with Crippen molar-refractivity contribution in [1.82, 2.24) is 0 Å². The Morgan fingerprint density at radius 2 is 1.89 bits per heavy atom. The molecule has 0 unspecified atom stereocenters. The van der Waals surface area contributed by atoms with E-state index in [0.29, 0.717) is 62.6 Å². The summed E-state index contributed by atoms with van der Waals surface area (Å²) >= 11 is 12.8. The Balaban J connectivity index is 1.44. The zero-order chi connectivity index (χ0) is 26.6. The Morgan fingerprint density at radius 3 is 2.66 bits per heavy atom. The summed E-state index contributed by atoms with van der Waals surface area (Å²) in [5.41, 5.74) is 3.32. The van der Waals surface area contributed by atoms with E-state index in [1.54, 1.807) is 18.2 Å². The summed E-state index contributed by atoms with van der Waals surface area (Å²) in [5, 5.41) is 0.671. The summed E-state index contributed by atoms with van der Waals surface area (Å²) in [5.74, 6) is 2.27. The van der Waals surface area contributed by atoms with Gasteiger partial charge in [0.25, 0.3) is 5.91 Å². The number of carbonyl (C=O) groups excluding carboxylic acids is 1. The van der Waals surface area contributed by atoms with Gasteiger partial charge in [0.1, 0.15) is 6.61 Å². The van der Waals surface area contributed by atoms with E-state index >= 15 is 0 Å². The molecule has 0 aromatic heterocycles. The molecule has 0 aliphatic carbocycles. The number of amides is 1. The molecular formula is C29H24ClNO5S2. The average molecular weight is 566 g/mol. The highest BCUT2D eigenvalue weighted by atomic mass is 35.5. The average Bonchev–Trinajstić information content (AvgIpc) is 3.48. The van der Waals surface area contributed by atoms with Crippen LogP contribution in [0.2, 0.25) is 5.02 Å². The number of benzene rings is 3. The maximum atomic E-state index is 13.4. The molecule has 0 saturated carbocycles. The number of hydrogen-bond acceptors (Lipinski definition) is 7. The molecule has 1 saturated heterocycles. The Bertz CT molecular complexity index is 1440. The monoisotopic (exact) mass is 565 g/mol. The van der Waals surface area contributed by atoms with E-state index in [2.05, 4.69) is 6.58 Å². The number of anilines is 1. The van der Waals surface area contributed by atoms with Crippen LogP contribution in [-0.2, 0) is 17.8 Å². The minimum Gasteiger partial charge on any atom is -0.490 e. The SMILES string of the molecule is C=CCc1cc(/C=C2\SC(=S)N(c3ccc4c(c3)OCO4)C2=O)cc(OCC)c1OCc1ccc(Cl)cc1. The summed E-state index contributed by atoms with van der Waals surface area (Å²) in [7, 11) is 0. The third-order valence-electron chi connectivity index (χ3n) is 5.82. The molecular weight excluding hydrogens is 542 g/mol. The second kappa shape index (κ2) is 11.5. The standard InChI is InChI=1S/C29H24ClNO5S2/c1-3-5-20-12-19(13-25(33-4-2)27(20)34-16-18-6-8-21(30)9-7-18)14-26-28(32)31(29(37)38-26)22-10-11-23-24(15-22)36-17-35-23/h3,6-15H,1,4-5,16-17H2,2H3/b26-14-. The van der Waals surface area contributed by atoms with Crippen LogP contribution in [0.4, 0.5) is 5.69 Å². The molecule has 3 aromatic rings. The van der Waals surface area contributed by atoms with Crippen LogP contribution in [0.1, 0.15) is 23.6 Å². The summed E-state index contributed by atoms with van der Waals surface area (Å²) < 4.78 is 23.5. The summed E-state index contributed by atoms with van der Waals surface area (Å²) in [4.78, 5) is 15.4. The molecule has 0 spiro atoms. The largest absolute Gasteiger partial charge is 0.490 e. The third kappa shape index (κ3) is 5.53. The normalized spacial score (nSPS) is 15.3. The predicted molar refractivity (Wildman–Crippen MR) is 156 cm³/mol.